The number of benzene rings is 1. The fourth-order valence-corrected chi connectivity index (χ4v) is 2.57. The zero-order chi connectivity index (χ0) is 15.4. The van der Waals surface area contributed by atoms with E-state index in [9.17, 15) is 9.59 Å². The van der Waals surface area contributed by atoms with Crippen molar-refractivity contribution in [1.82, 2.24) is 0 Å². The Morgan fingerprint density at radius 2 is 1.95 bits per heavy atom. The lowest BCUT2D eigenvalue weighted by Gasteiger charge is -2.10. The highest BCUT2D eigenvalue weighted by molar-refractivity contribution is 7.10. The van der Waals surface area contributed by atoms with Crippen molar-refractivity contribution in [2.24, 2.45) is 0 Å². The molecule has 4 heteroatoms. The summed E-state index contributed by atoms with van der Waals surface area (Å²) in [7, 11) is 0. The van der Waals surface area contributed by atoms with Crippen LogP contribution < -0.4 is 5.32 Å². The van der Waals surface area contributed by atoms with Crippen LogP contribution in [-0.4, -0.2) is 11.7 Å². The summed E-state index contributed by atoms with van der Waals surface area (Å²) < 4.78 is 0. The monoisotopic (exact) mass is 299 g/mol. The van der Waals surface area contributed by atoms with Gasteiger partial charge in [0.1, 0.15) is 0 Å². The molecular formula is C17H17NO2S. The summed E-state index contributed by atoms with van der Waals surface area (Å²) in [6.45, 7) is 5.19. The van der Waals surface area contributed by atoms with Crippen molar-refractivity contribution >= 4 is 34.8 Å². The summed E-state index contributed by atoms with van der Waals surface area (Å²) >= 11 is 1.58. The van der Waals surface area contributed by atoms with Crippen LogP contribution in [0.25, 0.3) is 6.08 Å². The fraction of sp³-hybridized carbons (Fsp3) is 0.176. The second-order valence-corrected chi connectivity index (χ2v) is 5.86. The molecule has 1 amide bonds. The third-order valence-electron chi connectivity index (χ3n) is 3.15. The summed E-state index contributed by atoms with van der Waals surface area (Å²) in [4.78, 5) is 24.7. The Balaban J connectivity index is 2.19. The number of aryl methyl sites for hydroxylation is 1. The van der Waals surface area contributed by atoms with Crippen LogP contribution in [-0.2, 0) is 4.79 Å². The van der Waals surface area contributed by atoms with E-state index in [2.05, 4.69) is 5.32 Å². The van der Waals surface area contributed by atoms with Crippen molar-refractivity contribution in [3.8, 4) is 0 Å². The number of anilines is 1. The SMILES string of the molecule is CC(=O)c1ccc(C)c(NC(=O)/C(C)=C/c2cccs2)c1. The molecule has 3 nitrogen and oxygen atoms in total. The van der Waals surface area contributed by atoms with Crippen LogP contribution in [0.4, 0.5) is 5.69 Å². The molecule has 2 aromatic rings. The molecule has 1 heterocycles. The Hall–Kier alpha value is -2.20. The molecule has 108 valence electrons. The molecule has 0 saturated carbocycles. The minimum Gasteiger partial charge on any atom is -0.322 e. The molecule has 0 aliphatic carbocycles. The zero-order valence-corrected chi connectivity index (χ0v) is 13.1. The van der Waals surface area contributed by atoms with Crippen LogP contribution in [0.15, 0.2) is 41.3 Å². The largest absolute Gasteiger partial charge is 0.322 e. The van der Waals surface area contributed by atoms with E-state index >= 15 is 0 Å². The number of carbonyl (C=O) groups is 2. The number of thiophene rings is 1. The molecule has 0 fully saturated rings. The number of rotatable bonds is 4. The lowest BCUT2D eigenvalue weighted by Crippen LogP contribution is -2.13. The Kier molecular flexibility index (Phi) is 4.70. The minimum atomic E-state index is -0.160. The predicted molar refractivity (Wildman–Crippen MR) is 87.8 cm³/mol. The van der Waals surface area contributed by atoms with Gasteiger partial charge in [-0.05, 0) is 49.9 Å². The molecule has 1 aromatic heterocycles. The van der Waals surface area contributed by atoms with Gasteiger partial charge in [-0.2, -0.15) is 0 Å². The molecule has 0 atom stereocenters. The highest BCUT2D eigenvalue weighted by Gasteiger charge is 2.09. The highest BCUT2D eigenvalue weighted by atomic mass is 32.1. The first-order valence-electron chi connectivity index (χ1n) is 6.62. The second kappa shape index (κ2) is 6.50. The van der Waals surface area contributed by atoms with Gasteiger partial charge in [0, 0.05) is 21.7 Å². The van der Waals surface area contributed by atoms with E-state index in [4.69, 9.17) is 0 Å². The van der Waals surface area contributed by atoms with Gasteiger partial charge in [-0.15, -0.1) is 11.3 Å². The molecule has 0 saturated heterocycles. The predicted octanol–water partition coefficient (Wildman–Crippen LogP) is 4.30. The van der Waals surface area contributed by atoms with Crippen molar-refractivity contribution in [3.63, 3.8) is 0 Å². The molecule has 2 rings (SSSR count). The number of nitrogens with one attached hydrogen (secondary N) is 1. The van der Waals surface area contributed by atoms with E-state index in [0.29, 0.717) is 16.8 Å². The Labute approximate surface area is 128 Å². The molecule has 1 aromatic carbocycles. The van der Waals surface area contributed by atoms with E-state index in [1.165, 1.54) is 6.92 Å². The Bertz CT molecular complexity index is 700. The summed E-state index contributed by atoms with van der Waals surface area (Å²) in [5.41, 5.74) is 2.82. The summed E-state index contributed by atoms with van der Waals surface area (Å²) in [6.07, 6.45) is 1.85. The van der Waals surface area contributed by atoms with Gasteiger partial charge < -0.3 is 5.32 Å². The van der Waals surface area contributed by atoms with Gasteiger partial charge in [-0.3, -0.25) is 9.59 Å². The van der Waals surface area contributed by atoms with Gasteiger partial charge in [0.15, 0.2) is 5.78 Å². The molecule has 0 radical (unpaired) electrons. The first-order valence-corrected chi connectivity index (χ1v) is 7.50. The van der Waals surface area contributed by atoms with E-state index in [1.807, 2.05) is 36.6 Å². The summed E-state index contributed by atoms with van der Waals surface area (Å²) in [5.74, 6) is -0.177. The topological polar surface area (TPSA) is 46.2 Å². The quantitative estimate of drug-likeness (QED) is 0.676. The average Bonchev–Trinajstić information content (AvgIpc) is 2.93. The molecule has 0 spiro atoms. The smallest absolute Gasteiger partial charge is 0.251 e. The van der Waals surface area contributed by atoms with E-state index in [-0.39, 0.29) is 11.7 Å². The zero-order valence-electron chi connectivity index (χ0n) is 12.3. The molecule has 0 bridgehead atoms. The van der Waals surface area contributed by atoms with Gasteiger partial charge in [0.25, 0.3) is 5.91 Å². The van der Waals surface area contributed by atoms with Crippen LogP contribution in [0.1, 0.15) is 34.6 Å². The Morgan fingerprint density at radius 1 is 1.19 bits per heavy atom. The number of ketones is 1. The molecule has 0 aliphatic rings. The average molecular weight is 299 g/mol. The van der Waals surface area contributed by atoms with Gasteiger partial charge in [-0.25, -0.2) is 0 Å². The van der Waals surface area contributed by atoms with Crippen LogP contribution in [0.5, 0.6) is 0 Å². The number of Topliss-reactive ketones (excluding diaryl/α,β-unsaturated/α-hetero) is 1. The van der Waals surface area contributed by atoms with Crippen LogP contribution in [0.2, 0.25) is 0 Å². The van der Waals surface area contributed by atoms with Crippen molar-refractivity contribution in [1.29, 1.82) is 0 Å². The maximum atomic E-state index is 12.2. The lowest BCUT2D eigenvalue weighted by atomic mass is 10.1. The fourth-order valence-electron chi connectivity index (χ4n) is 1.85. The van der Waals surface area contributed by atoms with Crippen LogP contribution >= 0.6 is 11.3 Å². The molecular weight excluding hydrogens is 282 g/mol. The lowest BCUT2D eigenvalue weighted by molar-refractivity contribution is -0.112. The minimum absolute atomic E-state index is 0.0173. The second-order valence-electron chi connectivity index (χ2n) is 4.88. The molecule has 0 aliphatic heterocycles. The van der Waals surface area contributed by atoms with E-state index in [1.54, 1.807) is 30.4 Å². The van der Waals surface area contributed by atoms with Crippen LogP contribution in [0.3, 0.4) is 0 Å². The first-order chi connectivity index (χ1) is 9.97. The number of hydrogen-bond acceptors (Lipinski definition) is 3. The normalized spacial score (nSPS) is 11.3. The Morgan fingerprint density at radius 3 is 2.57 bits per heavy atom. The summed E-state index contributed by atoms with van der Waals surface area (Å²) in [6, 6.07) is 9.23. The first kappa shape index (κ1) is 15.2. The third kappa shape index (κ3) is 3.89. The standard InChI is InChI=1S/C17H17NO2S/c1-11-6-7-14(13(3)19)10-16(11)18-17(20)12(2)9-15-5-4-8-21-15/h4-10H,1-3H3,(H,18,20)/b12-9+. The van der Waals surface area contributed by atoms with Crippen LogP contribution in [0, 0.1) is 6.92 Å². The van der Waals surface area contributed by atoms with Crippen molar-refractivity contribution in [2.45, 2.75) is 20.8 Å². The maximum Gasteiger partial charge on any atom is 0.251 e. The molecule has 21 heavy (non-hydrogen) atoms. The van der Waals surface area contributed by atoms with Gasteiger partial charge in [0.2, 0.25) is 0 Å². The van der Waals surface area contributed by atoms with Crippen molar-refractivity contribution < 1.29 is 9.59 Å². The van der Waals surface area contributed by atoms with Crippen molar-refractivity contribution in [2.75, 3.05) is 5.32 Å². The van der Waals surface area contributed by atoms with Gasteiger partial charge in [0.05, 0.1) is 0 Å². The van der Waals surface area contributed by atoms with Gasteiger partial charge in [-0.1, -0.05) is 18.2 Å². The maximum absolute atomic E-state index is 12.2. The number of hydrogen-bond donors (Lipinski definition) is 1. The third-order valence-corrected chi connectivity index (χ3v) is 3.97. The molecule has 1 N–H and O–H groups in total. The van der Waals surface area contributed by atoms with Gasteiger partial charge >= 0.3 is 0 Å². The van der Waals surface area contributed by atoms with E-state index in [0.717, 1.165) is 10.4 Å². The number of amides is 1. The number of carbonyl (C=O) groups excluding carboxylic acids is 2. The van der Waals surface area contributed by atoms with E-state index < -0.39 is 0 Å². The molecule has 0 unspecified atom stereocenters. The summed E-state index contributed by atoms with van der Waals surface area (Å²) in [5, 5.41) is 4.83. The highest BCUT2D eigenvalue weighted by Crippen LogP contribution is 2.19. The van der Waals surface area contributed by atoms with Crippen molar-refractivity contribution in [3.05, 3.63) is 57.3 Å².